The lowest BCUT2D eigenvalue weighted by molar-refractivity contribution is 0.143. The van der Waals surface area contributed by atoms with Gasteiger partial charge in [0.1, 0.15) is 12.4 Å². The molecule has 0 fully saturated rings. The van der Waals surface area contributed by atoms with Crippen LogP contribution in [0.15, 0.2) is 23.2 Å². The summed E-state index contributed by atoms with van der Waals surface area (Å²) in [7, 11) is 1.78. The number of benzene rings is 1. The second-order valence-electron chi connectivity index (χ2n) is 5.40. The molecule has 0 bridgehead atoms. The van der Waals surface area contributed by atoms with Gasteiger partial charge < -0.3 is 20.1 Å². The Morgan fingerprint density at radius 2 is 1.71 bits per heavy atom. The molecule has 0 aliphatic carbocycles. The molecule has 0 radical (unpaired) electrons. The van der Waals surface area contributed by atoms with E-state index in [1.54, 1.807) is 7.05 Å². The lowest BCUT2D eigenvalue weighted by atomic mass is 10.1. The molecule has 2 N–H and O–H groups in total. The number of unbranched alkanes of at least 4 members (excludes halogenated alkanes) is 1. The number of aryl methyl sites for hydroxylation is 2. The Kier molecular flexibility index (Phi) is 13.7. The number of aliphatic imine (C=N–C) groups is 1. The van der Waals surface area contributed by atoms with E-state index in [0.717, 1.165) is 44.3 Å². The Balaban J connectivity index is 0.00000529. The average molecular weight is 449 g/mol. The van der Waals surface area contributed by atoms with Gasteiger partial charge in [-0.1, -0.05) is 18.2 Å². The molecule has 0 saturated heterocycles. The van der Waals surface area contributed by atoms with E-state index in [-0.39, 0.29) is 24.0 Å². The van der Waals surface area contributed by atoms with Crippen molar-refractivity contribution >= 4 is 29.9 Å². The molecule has 1 rings (SSSR count). The van der Waals surface area contributed by atoms with Crippen LogP contribution >= 0.6 is 24.0 Å². The Labute approximate surface area is 163 Å². The van der Waals surface area contributed by atoms with Gasteiger partial charge in [-0.15, -0.1) is 24.0 Å². The third-order valence-corrected chi connectivity index (χ3v) is 3.49. The molecule has 1 aromatic carbocycles. The molecule has 0 heterocycles. The highest BCUT2D eigenvalue weighted by atomic mass is 127. The third kappa shape index (κ3) is 9.32. The van der Waals surface area contributed by atoms with Gasteiger partial charge in [0.05, 0.1) is 6.54 Å². The average Bonchev–Trinajstić information content (AvgIpc) is 2.54. The maximum atomic E-state index is 5.87. The summed E-state index contributed by atoms with van der Waals surface area (Å²) in [5, 5.41) is 6.56. The van der Waals surface area contributed by atoms with Gasteiger partial charge in [-0.3, -0.25) is 4.99 Å². The number of para-hydroxylation sites is 1. The van der Waals surface area contributed by atoms with Gasteiger partial charge >= 0.3 is 0 Å². The minimum atomic E-state index is 0. The minimum absolute atomic E-state index is 0. The van der Waals surface area contributed by atoms with Crippen LogP contribution in [0, 0.1) is 13.8 Å². The fourth-order valence-electron chi connectivity index (χ4n) is 2.25. The number of halogens is 1. The highest BCUT2D eigenvalue weighted by Gasteiger charge is 2.03. The van der Waals surface area contributed by atoms with Crippen LogP contribution in [0.2, 0.25) is 0 Å². The number of ether oxygens (including phenoxy) is 2. The maximum Gasteiger partial charge on any atom is 0.191 e. The third-order valence-electron chi connectivity index (χ3n) is 3.49. The van der Waals surface area contributed by atoms with E-state index < -0.39 is 0 Å². The molecular weight excluding hydrogens is 417 g/mol. The second-order valence-corrected chi connectivity index (χ2v) is 5.40. The number of rotatable bonds is 10. The lowest BCUT2D eigenvalue weighted by Gasteiger charge is -2.14. The summed E-state index contributed by atoms with van der Waals surface area (Å²) in [5.74, 6) is 1.79. The predicted molar refractivity (Wildman–Crippen MR) is 112 cm³/mol. The van der Waals surface area contributed by atoms with Crippen LogP contribution in [0.5, 0.6) is 5.75 Å². The van der Waals surface area contributed by atoms with Crippen LogP contribution in [-0.2, 0) is 4.74 Å². The van der Waals surface area contributed by atoms with Gasteiger partial charge in [0.2, 0.25) is 0 Å². The molecule has 0 aromatic heterocycles. The van der Waals surface area contributed by atoms with Crippen molar-refractivity contribution in [3.63, 3.8) is 0 Å². The van der Waals surface area contributed by atoms with Crippen LogP contribution in [0.3, 0.4) is 0 Å². The first-order valence-electron chi connectivity index (χ1n) is 8.40. The monoisotopic (exact) mass is 449 g/mol. The van der Waals surface area contributed by atoms with Gasteiger partial charge in [-0.05, 0) is 44.7 Å². The first-order chi connectivity index (χ1) is 11.2. The fraction of sp³-hybridized carbons (Fsp3) is 0.611. The Morgan fingerprint density at radius 3 is 2.33 bits per heavy atom. The first-order valence-corrected chi connectivity index (χ1v) is 8.40. The van der Waals surface area contributed by atoms with Crippen molar-refractivity contribution < 1.29 is 9.47 Å². The van der Waals surface area contributed by atoms with Crippen LogP contribution in [0.4, 0.5) is 0 Å². The van der Waals surface area contributed by atoms with Gasteiger partial charge in [0.15, 0.2) is 5.96 Å². The normalized spacial score (nSPS) is 10.9. The van der Waals surface area contributed by atoms with Crippen LogP contribution in [0.25, 0.3) is 0 Å². The maximum absolute atomic E-state index is 5.87. The number of nitrogens with zero attached hydrogens (tertiary/aromatic N) is 1. The highest BCUT2D eigenvalue weighted by molar-refractivity contribution is 14.0. The van der Waals surface area contributed by atoms with Crippen LogP contribution < -0.4 is 15.4 Å². The number of hydrogen-bond donors (Lipinski definition) is 2. The standard InChI is InChI=1S/C18H31N3O2.HI/c1-5-22-13-7-6-11-20-18(19-4)21-12-14-23-17-15(2)9-8-10-16(17)3;/h8-10H,5-7,11-14H2,1-4H3,(H2,19,20,21);1H. The van der Waals surface area contributed by atoms with Crippen molar-refractivity contribution in [1.29, 1.82) is 0 Å². The van der Waals surface area contributed by atoms with Crippen molar-refractivity contribution in [1.82, 2.24) is 10.6 Å². The molecule has 5 nitrogen and oxygen atoms in total. The smallest absolute Gasteiger partial charge is 0.191 e. The Hall–Kier alpha value is -1.02. The summed E-state index contributed by atoms with van der Waals surface area (Å²) in [6, 6.07) is 6.18. The summed E-state index contributed by atoms with van der Waals surface area (Å²) in [5.41, 5.74) is 2.34. The largest absolute Gasteiger partial charge is 0.491 e. The Bertz CT molecular complexity index is 461. The fourth-order valence-corrected chi connectivity index (χ4v) is 2.25. The first kappa shape index (κ1) is 23.0. The number of hydrogen-bond acceptors (Lipinski definition) is 3. The van der Waals surface area contributed by atoms with Crippen LogP contribution in [0.1, 0.15) is 30.9 Å². The van der Waals surface area contributed by atoms with Gasteiger partial charge in [0.25, 0.3) is 0 Å². The van der Waals surface area contributed by atoms with Crippen molar-refractivity contribution in [2.75, 3.05) is 40.0 Å². The zero-order chi connectivity index (χ0) is 16.9. The van der Waals surface area contributed by atoms with E-state index in [2.05, 4.69) is 41.6 Å². The molecule has 138 valence electrons. The van der Waals surface area contributed by atoms with E-state index in [1.807, 2.05) is 13.0 Å². The van der Waals surface area contributed by atoms with Crippen molar-refractivity contribution in [3.8, 4) is 5.75 Å². The topological polar surface area (TPSA) is 54.9 Å². The summed E-state index contributed by atoms with van der Waals surface area (Å²) in [6.07, 6.45) is 2.13. The molecule has 0 unspecified atom stereocenters. The Morgan fingerprint density at radius 1 is 1.04 bits per heavy atom. The second kappa shape index (κ2) is 14.3. The molecule has 0 spiro atoms. The van der Waals surface area contributed by atoms with Crippen molar-refractivity contribution in [2.45, 2.75) is 33.6 Å². The van der Waals surface area contributed by atoms with Gasteiger partial charge in [0, 0.05) is 26.8 Å². The van der Waals surface area contributed by atoms with E-state index in [1.165, 1.54) is 11.1 Å². The van der Waals surface area contributed by atoms with Gasteiger partial charge in [-0.25, -0.2) is 0 Å². The molecule has 0 saturated carbocycles. The number of guanidine groups is 1. The molecule has 24 heavy (non-hydrogen) atoms. The molecule has 0 aliphatic rings. The predicted octanol–water partition coefficient (Wildman–Crippen LogP) is 3.28. The summed E-state index contributed by atoms with van der Waals surface area (Å²) >= 11 is 0. The van der Waals surface area contributed by atoms with Crippen molar-refractivity contribution in [2.24, 2.45) is 4.99 Å². The molecule has 0 aliphatic heterocycles. The van der Waals surface area contributed by atoms with E-state index in [9.17, 15) is 0 Å². The highest BCUT2D eigenvalue weighted by Crippen LogP contribution is 2.21. The quantitative estimate of drug-likeness (QED) is 0.249. The lowest BCUT2D eigenvalue weighted by Crippen LogP contribution is -2.39. The van der Waals surface area contributed by atoms with E-state index >= 15 is 0 Å². The zero-order valence-corrected chi connectivity index (χ0v) is 17.7. The molecule has 1 aromatic rings. The van der Waals surface area contributed by atoms with Crippen molar-refractivity contribution in [3.05, 3.63) is 29.3 Å². The van der Waals surface area contributed by atoms with Gasteiger partial charge in [-0.2, -0.15) is 0 Å². The van der Waals surface area contributed by atoms with E-state index in [4.69, 9.17) is 9.47 Å². The zero-order valence-electron chi connectivity index (χ0n) is 15.4. The molecule has 6 heteroatoms. The SMILES string of the molecule is CCOCCCCNC(=NC)NCCOc1c(C)cccc1C.I. The minimum Gasteiger partial charge on any atom is -0.491 e. The van der Waals surface area contributed by atoms with E-state index in [0.29, 0.717) is 13.2 Å². The molecule has 0 amide bonds. The molecule has 0 atom stereocenters. The molecular formula is C18H32IN3O2. The number of nitrogens with one attached hydrogen (secondary N) is 2. The summed E-state index contributed by atoms with van der Waals surface area (Å²) < 4.78 is 11.2. The summed E-state index contributed by atoms with van der Waals surface area (Å²) in [6.45, 7) is 9.99. The summed E-state index contributed by atoms with van der Waals surface area (Å²) in [4.78, 5) is 4.21. The van der Waals surface area contributed by atoms with Crippen LogP contribution in [-0.4, -0.2) is 45.9 Å².